The predicted octanol–water partition coefficient (Wildman–Crippen LogP) is 4.34. The fourth-order valence-corrected chi connectivity index (χ4v) is 5.28. The van der Waals surface area contributed by atoms with E-state index in [9.17, 15) is 20.0 Å². The van der Waals surface area contributed by atoms with Crippen molar-refractivity contribution in [3.05, 3.63) is 88.5 Å². The number of amides is 1. The van der Waals surface area contributed by atoms with E-state index in [1.54, 1.807) is 18.2 Å². The molecule has 1 aliphatic rings. The van der Waals surface area contributed by atoms with E-state index < -0.39 is 5.97 Å². The maximum atomic E-state index is 12.8. The summed E-state index contributed by atoms with van der Waals surface area (Å²) in [5, 5.41) is 21.8. The number of nitrogens with zero attached hydrogens (tertiary/aromatic N) is 5. The number of nitriles is 1. The Morgan fingerprint density at radius 3 is 2.42 bits per heavy atom. The molecular formula is C31H36N6O3. The van der Waals surface area contributed by atoms with Gasteiger partial charge in [-0.1, -0.05) is 12.1 Å². The Morgan fingerprint density at radius 1 is 1.12 bits per heavy atom. The quantitative estimate of drug-likeness (QED) is 0.389. The van der Waals surface area contributed by atoms with Gasteiger partial charge in [-0.2, -0.15) is 5.26 Å². The molecule has 0 bridgehead atoms. The molecule has 1 amide bonds. The van der Waals surface area contributed by atoms with Crippen molar-refractivity contribution in [3.63, 3.8) is 0 Å². The van der Waals surface area contributed by atoms with E-state index in [0.717, 1.165) is 50.1 Å². The summed E-state index contributed by atoms with van der Waals surface area (Å²) in [5.41, 5.74) is 4.81. The Bertz CT molecular complexity index is 1360. The lowest BCUT2D eigenvalue weighted by atomic mass is 10.00. The number of carbonyl (C=O) groups is 2. The number of carboxylic acid groups (broad SMARTS) is 1. The number of nitrogens with one attached hydrogen (secondary N) is 1. The first-order chi connectivity index (χ1) is 19.2. The second-order valence-electron chi connectivity index (χ2n) is 10.4. The second kappa shape index (κ2) is 13.2. The highest BCUT2D eigenvalue weighted by Crippen LogP contribution is 2.27. The molecule has 4 rings (SSSR count). The summed E-state index contributed by atoms with van der Waals surface area (Å²) < 4.78 is 0. The standard InChI is InChI=1S/C31H36N6O3/c1-21(35-30(38)29-22(2)33-20-34-23(29)3)11-14-36-15-12-28(13-16-36)37(19-25-6-4-5-24(17-25)18-32)27-9-7-26(8-10-27)31(39)40/h4-10,17,20-21,28H,11-16,19H2,1-3H3,(H,35,38)(H,39,40). The van der Waals surface area contributed by atoms with Gasteiger partial charge in [-0.05, 0) is 82.0 Å². The van der Waals surface area contributed by atoms with E-state index in [2.05, 4.69) is 31.2 Å². The van der Waals surface area contributed by atoms with Crippen molar-refractivity contribution in [1.29, 1.82) is 5.26 Å². The maximum Gasteiger partial charge on any atom is 0.335 e. The number of aromatic nitrogens is 2. The van der Waals surface area contributed by atoms with Crippen LogP contribution in [0, 0.1) is 25.2 Å². The van der Waals surface area contributed by atoms with Crippen molar-refractivity contribution in [1.82, 2.24) is 20.2 Å². The van der Waals surface area contributed by atoms with Gasteiger partial charge in [-0.15, -0.1) is 0 Å². The van der Waals surface area contributed by atoms with Gasteiger partial charge in [0.2, 0.25) is 0 Å². The third-order valence-electron chi connectivity index (χ3n) is 7.56. The van der Waals surface area contributed by atoms with Crippen molar-refractivity contribution in [3.8, 4) is 6.07 Å². The Kier molecular flexibility index (Phi) is 9.46. The van der Waals surface area contributed by atoms with Crippen LogP contribution in [-0.4, -0.2) is 63.6 Å². The monoisotopic (exact) mass is 540 g/mol. The van der Waals surface area contributed by atoms with Crippen LogP contribution in [0.25, 0.3) is 0 Å². The highest BCUT2D eigenvalue weighted by atomic mass is 16.4. The van der Waals surface area contributed by atoms with Gasteiger partial charge < -0.3 is 20.2 Å². The van der Waals surface area contributed by atoms with Crippen LogP contribution in [0.15, 0.2) is 54.9 Å². The minimum atomic E-state index is -0.944. The average Bonchev–Trinajstić information content (AvgIpc) is 2.95. The number of likely N-dealkylation sites (tertiary alicyclic amines) is 1. The number of rotatable bonds is 10. The number of carboxylic acids is 1. The number of aryl methyl sites for hydroxylation is 2. The summed E-state index contributed by atoms with van der Waals surface area (Å²) in [6.45, 7) is 9.05. The van der Waals surface area contributed by atoms with Crippen molar-refractivity contribution in [2.24, 2.45) is 0 Å². The number of carbonyl (C=O) groups excluding carboxylic acids is 1. The Balaban J connectivity index is 1.36. The number of piperidine rings is 1. The van der Waals surface area contributed by atoms with Crippen LogP contribution in [0.4, 0.5) is 5.69 Å². The lowest BCUT2D eigenvalue weighted by Crippen LogP contribution is -2.46. The van der Waals surface area contributed by atoms with Crippen molar-refractivity contribution in [2.75, 3.05) is 24.5 Å². The molecule has 1 fully saturated rings. The molecule has 9 heteroatoms. The van der Waals surface area contributed by atoms with Crippen LogP contribution in [-0.2, 0) is 6.54 Å². The highest BCUT2D eigenvalue weighted by molar-refractivity contribution is 5.96. The number of hydrogen-bond acceptors (Lipinski definition) is 7. The summed E-state index contributed by atoms with van der Waals surface area (Å²) in [4.78, 5) is 37.2. The minimum Gasteiger partial charge on any atom is -0.478 e. The van der Waals surface area contributed by atoms with Gasteiger partial charge in [-0.25, -0.2) is 14.8 Å². The molecule has 0 saturated carbocycles. The molecule has 1 saturated heterocycles. The summed E-state index contributed by atoms with van der Waals surface area (Å²) in [6.07, 6.45) is 4.23. The van der Waals surface area contributed by atoms with E-state index >= 15 is 0 Å². The zero-order valence-electron chi connectivity index (χ0n) is 23.3. The van der Waals surface area contributed by atoms with Gasteiger partial charge in [0.25, 0.3) is 5.91 Å². The van der Waals surface area contributed by atoms with Crippen LogP contribution in [0.5, 0.6) is 0 Å². The fourth-order valence-electron chi connectivity index (χ4n) is 5.28. The Labute approximate surface area is 235 Å². The average molecular weight is 541 g/mol. The van der Waals surface area contributed by atoms with Crippen molar-refractivity contribution in [2.45, 2.75) is 58.7 Å². The molecule has 2 aromatic carbocycles. The van der Waals surface area contributed by atoms with Gasteiger partial charge in [-0.3, -0.25) is 4.79 Å². The maximum absolute atomic E-state index is 12.8. The molecule has 1 unspecified atom stereocenters. The fraction of sp³-hybridized carbons (Fsp3) is 0.387. The molecule has 208 valence electrons. The molecule has 40 heavy (non-hydrogen) atoms. The first-order valence-electron chi connectivity index (χ1n) is 13.7. The molecule has 0 aliphatic carbocycles. The van der Waals surface area contributed by atoms with Crippen molar-refractivity contribution >= 4 is 17.6 Å². The summed E-state index contributed by atoms with van der Waals surface area (Å²) >= 11 is 0. The van der Waals surface area contributed by atoms with Gasteiger partial charge in [0.05, 0.1) is 34.1 Å². The Hall–Kier alpha value is -4.29. The molecule has 2 heterocycles. The number of benzene rings is 2. The molecule has 1 aromatic heterocycles. The molecule has 1 aliphatic heterocycles. The third-order valence-corrected chi connectivity index (χ3v) is 7.56. The first kappa shape index (κ1) is 28.7. The molecule has 1 atom stereocenters. The summed E-state index contributed by atoms with van der Waals surface area (Å²) in [5.74, 6) is -1.08. The number of anilines is 1. The van der Waals surface area contributed by atoms with Crippen LogP contribution in [0.3, 0.4) is 0 Å². The lowest BCUT2D eigenvalue weighted by Gasteiger charge is -2.40. The van der Waals surface area contributed by atoms with E-state index in [1.165, 1.54) is 6.33 Å². The molecule has 3 aromatic rings. The van der Waals surface area contributed by atoms with Crippen LogP contribution < -0.4 is 10.2 Å². The lowest BCUT2D eigenvalue weighted by molar-refractivity contribution is 0.0696. The van der Waals surface area contributed by atoms with Crippen LogP contribution in [0.1, 0.15) is 69.4 Å². The zero-order valence-corrected chi connectivity index (χ0v) is 23.3. The van der Waals surface area contributed by atoms with E-state index in [4.69, 9.17) is 0 Å². The summed E-state index contributed by atoms with van der Waals surface area (Å²) in [7, 11) is 0. The van der Waals surface area contributed by atoms with Crippen molar-refractivity contribution < 1.29 is 14.7 Å². The van der Waals surface area contributed by atoms with Gasteiger partial charge in [0, 0.05) is 44.0 Å². The van der Waals surface area contributed by atoms with Crippen LogP contribution in [0.2, 0.25) is 0 Å². The smallest absolute Gasteiger partial charge is 0.335 e. The largest absolute Gasteiger partial charge is 0.478 e. The van der Waals surface area contributed by atoms with E-state index in [0.29, 0.717) is 29.1 Å². The summed E-state index contributed by atoms with van der Waals surface area (Å²) in [6, 6.07) is 17.2. The number of hydrogen-bond donors (Lipinski definition) is 2. The third kappa shape index (κ3) is 7.21. The SMILES string of the molecule is Cc1ncnc(C)c1C(=O)NC(C)CCN1CCC(N(Cc2cccc(C#N)c2)c2ccc(C(=O)O)cc2)CC1. The van der Waals surface area contributed by atoms with Gasteiger partial charge in [0.15, 0.2) is 0 Å². The van der Waals surface area contributed by atoms with Crippen LogP contribution >= 0.6 is 0 Å². The van der Waals surface area contributed by atoms with Gasteiger partial charge >= 0.3 is 5.97 Å². The number of aromatic carboxylic acids is 1. The van der Waals surface area contributed by atoms with Gasteiger partial charge in [0.1, 0.15) is 6.33 Å². The van der Waals surface area contributed by atoms with E-state index in [-0.39, 0.29) is 23.6 Å². The zero-order chi connectivity index (χ0) is 28.6. The Morgan fingerprint density at radius 2 is 1.80 bits per heavy atom. The molecule has 2 N–H and O–H groups in total. The highest BCUT2D eigenvalue weighted by Gasteiger charge is 2.26. The van der Waals surface area contributed by atoms with E-state index in [1.807, 2.05) is 51.1 Å². The second-order valence-corrected chi connectivity index (χ2v) is 10.4. The molecule has 9 nitrogen and oxygen atoms in total. The first-order valence-corrected chi connectivity index (χ1v) is 13.7. The normalized spacial score (nSPS) is 14.8. The topological polar surface area (TPSA) is 122 Å². The molecular weight excluding hydrogens is 504 g/mol. The molecule has 0 spiro atoms. The minimum absolute atomic E-state index is 0.0147. The molecule has 0 radical (unpaired) electrons. The predicted molar refractivity (Wildman–Crippen MR) is 153 cm³/mol.